The maximum Gasteiger partial charge on any atom is 0.410 e. The van der Waals surface area contributed by atoms with E-state index in [0.717, 1.165) is 25.7 Å². The minimum Gasteiger partial charge on any atom is -0.464 e. The van der Waals surface area contributed by atoms with Gasteiger partial charge in [0.2, 0.25) is 0 Å². The van der Waals surface area contributed by atoms with Gasteiger partial charge in [0.25, 0.3) is 0 Å². The number of rotatable bonds is 13. The summed E-state index contributed by atoms with van der Waals surface area (Å²) in [5.41, 5.74) is 0. The maximum atomic E-state index is 11.8. The summed E-state index contributed by atoms with van der Waals surface area (Å²) in [7, 11) is 0. The molecule has 0 aliphatic carbocycles. The summed E-state index contributed by atoms with van der Waals surface area (Å²) < 4.78 is 10.3. The van der Waals surface area contributed by atoms with Gasteiger partial charge in [-0.15, -0.1) is 0 Å². The molecule has 0 saturated heterocycles. The Bertz CT molecular complexity index is 294. The number of amides is 1. The molecule has 0 aromatic heterocycles. The molecule has 0 N–H and O–H groups in total. The summed E-state index contributed by atoms with van der Waals surface area (Å²) in [6.45, 7) is 7.29. The Morgan fingerprint density at radius 2 is 1.36 bits per heavy atom. The van der Waals surface area contributed by atoms with Gasteiger partial charge in [0.15, 0.2) is 0 Å². The third kappa shape index (κ3) is 11.4. The normalized spacial score (nSPS) is 10.3. The lowest BCUT2D eigenvalue weighted by Gasteiger charge is -2.19. The smallest absolute Gasteiger partial charge is 0.410 e. The topological polar surface area (TPSA) is 55.8 Å². The van der Waals surface area contributed by atoms with Crippen molar-refractivity contribution in [3.63, 3.8) is 0 Å². The van der Waals surface area contributed by atoms with Crippen LogP contribution in [0.3, 0.4) is 0 Å². The molecule has 0 aromatic rings. The van der Waals surface area contributed by atoms with Crippen molar-refractivity contribution in [2.24, 2.45) is 0 Å². The number of carbonyl (C=O) groups excluding carboxylic acids is 2. The van der Waals surface area contributed by atoms with Crippen LogP contribution in [-0.2, 0) is 14.3 Å². The second-order valence-corrected chi connectivity index (χ2v) is 5.47. The molecule has 0 spiro atoms. The zero-order valence-electron chi connectivity index (χ0n) is 14.6. The first-order chi connectivity index (χ1) is 10.7. The summed E-state index contributed by atoms with van der Waals surface area (Å²) in [5, 5.41) is 0. The summed E-state index contributed by atoms with van der Waals surface area (Å²) in [4.78, 5) is 24.8. The molecule has 5 nitrogen and oxygen atoms in total. The van der Waals surface area contributed by atoms with Crippen molar-refractivity contribution < 1.29 is 19.1 Å². The van der Waals surface area contributed by atoms with E-state index in [4.69, 9.17) is 9.47 Å². The summed E-state index contributed by atoms with van der Waals surface area (Å²) in [5.74, 6) is -0.358. The lowest BCUT2D eigenvalue weighted by molar-refractivity contribution is -0.144. The molecule has 22 heavy (non-hydrogen) atoms. The second-order valence-electron chi connectivity index (χ2n) is 5.47. The van der Waals surface area contributed by atoms with Crippen LogP contribution in [0.1, 0.15) is 72.1 Å². The number of likely N-dealkylation sites (N-methyl/N-ethyl adjacent to an activating group) is 1. The van der Waals surface area contributed by atoms with E-state index >= 15 is 0 Å². The summed E-state index contributed by atoms with van der Waals surface area (Å²) in [6.07, 6.45) is 8.29. The molecule has 130 valence electrons. The van der Waals surface area contributed by atoms with E-state index in [1.54, 1.807) is 0 Å². The Labute approximate surface area is 135 Å². The third-order valence-corrected chi connectivity index (χ3v) is 3.44. The fourth-order valence-corrected chi connectivity index (χ4v) is 1.97. The van der Waals surface area contributed by atoms with E-state index in [0.29, 0.717) is 19.8 Å². The number of carbonyl (C=O) groups is 2. The van der Waals surface area contributed by atoms with Crippen LogP contribution >= 0.6 is 0 Å². The van der Waals surface area contributed by atoms with Gasteiger partial charge in [-0.25, -0.2) is 4.79 Å². The SMILES string of the molecule is CCCCCCCCOC(=O)CN(CC)C(=O)OCCCC. The Morgan fingerprint density at radius 3 is 2.00 bits per heavy atom. The monoisotopic (exact) mass is 315 g/mol. The minimum atomic E-state index is -0.438. The molecule has 0 rings (SSSR count). The fraction of sp³-hybridized carbons (Fsp3) is 0.882. The molecule has 0 fully saturated rings. The van der Waals surface area contributed by atoms with Gasteiger partial charge in [0.05, 0.1) is 13.2 Å². The first kappa shape index (κ1) is 20.7. The van der Waals surface area contributed by atoms with E-state index in [2.05, 4.69) is 6.92 Å². The molecular weight excluding hydrogens is 282 g/mol. The Kier molecular flexibility index (Phi) is 13.8. The van der Waals surface area contributed by atoms with Crippen molar-refractivity contribution in [3.05, 3.63) is 0 Å². The highest BCUT2D eigenvalue weighted by Crippen LogP contribution is 2.05. The number of unbranched alkanes of at least 4 members (excludes halogenated alkanes) is 6. The van der Waals surface area contributed by atoms with Crippen molar-refractivity contribution in [1.82, 2.24) is 4.90 Å². The van der Waals surface area contributed by atoms with E-state index in [9.17, 15) is 9.59 Å². The molecule has 0 unspecified atom stereocenters. The van der Waals surface area contributed by atoms with Gasteiger partial charge < -0.3 is 9.47 Å². The van der Waals surface area contributed by atoms with Gasteiger partial charge in [-0.05, 0) is 19.8 Å². The average Bonchev–Trinajstić information content (AvgIpc) is 2.51. The largest absolute Gasteiger partial charge is 0.464 e. The quantitative estimate of drug-likeness (QED) is 0.378. The Balaban J connectivity index is 3.75. The van der Waals surface area contributed by atoms with Crippen LogP contribution in [0.2, 0.25) is 0 Å². The molecule has 0 aliphatic heterocycles. The van der Waals surface area contributed by atoms with E-state index in [1.165, 1.54) is 30.6 Å². The molecule has 5 heteroatoms. The second kappa shape index (κ2) is 14.7. The molecule has 0 heterocycles. The lowest BCUT2D eigenvalue weighted by Crippen LogP contribution is -2.37. The lowest BCUT2D eigenvalue weighted by atomic mass is 10.1. The fourth-order valence-electron chi connectivity index (χ4n) is 1.97. The molecule has 1 amide bonds. The zero-order chi connectivity index (χ0) is 16.6. The van der Waals surface area contributed by atoms with E-state index in [-0.39, 0.29) is 12.5 Å². The standard InChI is InChI=1S/C17H33NO4/c1-4-7-9-10-11-12-14-21-16(19)15-18(6-3)17(20)22-13-8-5-2/h4-15H2,1-3H3. The van der Waals surface area contributed by atoms with Gasteiger partial charge in [-0.2, -0.15) is 0 Å². The predicted octanol–water partition coefficient (Wildman–Crippen LogP) is 4.15. The highest BCUT2D eigenvalue weighted by Gasteiger charge is 2.17. The van der Waals surface area contributed by atoms with Gasteiger partial charge in [-0.3, -0.25) is 9.69 Å². The Morgan fingerprint density at radius 1 is 0.773 bits per heavy atom. The highest BCUT2D eigenvalue weighted by atomic mass is 16.6. The van der Waals surface area contributed by atoms with Crippen molar-refractivity contribution in [1.29, 1.82) is 0 Å². The van der Waals surface area contributed by atoms with Gasteiger partial charge >= 0.3 is 12.1 Å². The van der Waals surface area contributed by atoms with Crippen LogP contribution in [0.15, 0.2) is 0 Å². The van der Waals surface area contributed by atoms with Crippen molar-refractivity contribution in [3.8, 4) is 0 Å². The van der Waals surface area contributed by atoms with E-state index < -0.39 is 6.09 Å². The van der Waals surface area contributed by atoms with Crippen LogP contribution in [0.25, 0.3) is 0 Å². The predicted molar refractivity (Wildman–Crippen MR) is 87.8 cm³/mol. The minimum absolute atomic E-state index is 0.0305. The zero-order valence-corrected chi connectivity index (χ0v) is 14.6. The molecule has 0 aliphatic rings. The van der Waals surface area contributed by atoms with Crippen molar-refractivity contribution in [2.45, 2.75) is 72.1 Å². The van der Waals surface area contributed by atoms with Crippen LogP contribution in [0.4, 0.5) is 4.79 Å². The number of esters is 1. The van der Waals surface area contributed by atoms with Gasteiger partial charge in [0.1, 0.15) is 6.54 Å². The van der Waals surface area contributed by atoms with Crippen LogP contribution in [-0.4, -0.2) is 43.3 Å². The van der Waals surface area contributed by atoms with Crippen LogP contribution in [0, 0.1) is 0 Å². The number of nitrogens with zero attached hydrogens (tertiary/aromatic N) is 1. The molecule has 0 radical (unpaired) electrons. The molecule has 0 aromatic carbocycles. The van der Waals surface area contributed by atoms with Crippen LogP contribution < -0.4 is 0 Å². The third-order valence-electron chi connectivity index (χ3n) is 3.44. The summed E-state index contributed by atoms with van der Waals surface area (Å²) in [6, 6.07) is 0. The average molecular weight is 315 g/mol. The van der Waals surface area contributed by atoms with Crippen molar-refractivity contribution in [2.75, 3.05) is 26.3 Å². The van der Waals surface area contributed by atoms with Crippen molar-refractivity contribution >= 4 is 12.1 Å². The summed E-state index contributed by atoms with van der Waals surface area (Å²) >= 11 is 0. The highest BCUT2D eigenvalue weighted by molar-refractivity contribution is 5.78. The molecule has 0 saturated carbocycles. The maximum absolute atomic E-state index is 11.8. The number of hydrogen-bond donors (Lipinski definition) is 0. The molecule has 0 atom stereocenters. The number of ether oxygens (including phenoxy) is 2. The molecule has 0 bridgehead atoms. The Hall–Kier alpha value is -1.26. The first-order valence-corrected chi connectivity index (χ1v) is 8.72. The first-order valence-electron chi connectivity index (χ1n) is 8.72. The van der Waals surface area contributed by atoms with Gasteiger partial charge in [0, 0.05) is 6.54 Å². The molecular formula is C17H33NO4. The van der Waals surface area contributed by atoms with Gasteiger partial charge in [-0.1, -0.05) is 52.4 Å². The van der Waals surface area contributed by atoms with Crippen LogP contribution in [0.5, 0.6) is 0 Å². The van der Waals surface area contributed by atoms with E-state index in [1.807, 2.05) is 13.8 Å². The number of hydrogen-bond acceptors (Lipinski definition) is 4.